The van der Waals surface area contributed by atoms with Crippen molar-refractivity contribution < 1.29 is 9.18 Å². The van der Waals surface area contributed by atoms with Gasteiger partial charge >= 0.3 is 6.03 Å². The van der Waals surface area contributed by atoms with Gasteiger partial charge in [0, 0.05) is 75.9 Å². The van der Waals surface area contributed by atoms with E-state index in [4.69, 9.17) is 11.6 Å². The Labute approximate surface area is 200 Å². The van der Waals surface area contributed by atoms with Gasteiger partial charge in [-0.15, -0.1) is 0 Å². The van der Waals surface area contributed by atoms with Gasteiger partial charge < -0.3 is 9.80 Å². The van der Waals surface area contributed by atoms with Crippen LogP contribution in [-0.4, -0.2) is 84.5 Å². The quantitative estimate of drug-likeness (QED) is 0.625. The number of carbonyl (C=O) groups is 1. The molecule has 0 saturated carbocycles. The number of hydrogen-bond donors (Lipinski definition) is 0. The predicted octanol–water partition coefficient (Wildman–Crippen LogP) is 4.43. The minimum absolute atomic E-state index is 0.184. The molecule has 7 heteroatoms. The van der Waals surface area contributed by atoms with Gasteiger partial charge in [0.1, 0.15) is 5.82 Å². The zero-order valence-electron chi connectivity index (χ0n) is 19.2. The van der Waals surface area contributed by atoms with E-state index in [0.29, 0.717) is 6.04 Å². The molecule has 2 atom stereocenters. The molecule has 0 N–H and O–H groups in total. The van der Waals surface area contributed by atoms with Gasteiger partial charge in [-0.3, -0.25) is 9.80 Å². The highest BCUT2D eigenvalue weighted by Crippen LogP contribution is 2.47. The molecule has 3 aliphatic rings. The second-order valence-corrected chi connectivity index (χ2v) is 9.79. The molecule has 2 saturated heterocycles. The minimum Gasteiger partial charge on any atom is -0.323 e. The standard InChI is InChI=1S/C26H32ClFN4O/c1-2-30-15-16-32(26(30)33)14-11-29-9-12-31(13-10-29)25-18-23(19-3-6-21(28)7-4-19)24-17-20(27)5-8-22(24)25/h3-8,17,23,25H,2,9-16,18H2,1H3. The molecule has 2 aliphatic heterocycles. The number of hydrogen-bond acceptors (Lipinski definition) is 3. The second-order valence-electron chi connectivity index (χ2n) is 9.36. The van der Waals surface area contributed by atoms with E-state index in [-0.39, 0.29) is 17.8 Å². The van der Waals surface area contributed by atoms with Crippen LogP contribution in [0.2, 0.25) is 5.02 Å². The molecule has 2 fully saturated rings. The topological polar surface area (TPSA) is 30.0 Å². The van der Waals surface area contributed by atoms with Crippen molar-refractivity contribution in [1.82, 2.24) is 19.6 Å². The zero-order valence-corrected chi connectivity index (χ0v) is 20.0. The molecule has 2 amide bonds. The van der Waals surface area contributed by atoms with E-state index in [1.807, 2.05) is 34.9 Å². The smallest absolute Gasteiger partial charge is 0.320 e. The van der Waals surface area contributed by atoms with Gasteiger partial charge in [-0.1, -0.05) is 29.8 Å². The average molecular weight is 471 g/mol. The first-order valence-corrected chi connectivity index (χ1v) is 12.5. The van der Waals surface area contributed by atoms with Gasteiger partial charge in [0.15, 0.2) is 0 Å². The first kappa shape index (κ1) is 22.6. The summed E-state index contributed by atoms with van der Waals surface area (Å²) in [5.74, 6) is 0.0405. The van der Waals surface area contributed by atoms with Crippen LogP contribution in [0, 0.1) is 5.82 Å². The summed E-state index contributed by atoms with van der Waals surface area (Å²) in [6, 6.07) is 13.7. The van der Waals surface area contributed by atoms with Crippen molar-refractivity contribution in [1.29, 1.82) is 0 Å². The van der Waals surface area contributed by atoms with Crippen LogP contribution in [0.4, 0.5) is 9.18 Å². The lowest BCUT2D eigenvalue weighted by Crippen LogP contribution is -2.49. The molecule has 0 aromatic heterocycles. The van der Waals surface area contributed by atoms with E-state index in [1.165, 1.54) is 11.1 Å². The third kappa shape index (κ3) is 4.61. The number of piperazine rings is 1. The molecule has 0 spiro atoms. The Hall–Kier alpha value is -2.15. The summed E-state index contributed by atoms with van der Waals surface area (Å²) in [5.41, 5.74) is 3.77. The molecule has 2 aromatic rings. The predicted molar refractivity (Wildman–Crippen MR) is 129 cm³/mol. The fraction of sp³-hybridized carbons (Fsp3) is 0.500. The third-order valence-electron chi connectivity index (χ3n) is 7.61. The maximum atomic E-state index is 13.5. The molecule has 33 heavy (non-hydrogen) atoms. The van der Waals surface area contributed by atoms with Gasteiger partial charge in [0.05, 0.1) is 0 Å². The van der Waals surface area contributed by atoms with Gasteiger partial charge in [-0.25, -0.2) is 9.18 Å². The number of amides is 2. The SMILES string of the molecule is CCN1CCN(CCN2CCN(C3CC(c4ccc(F)cc4)c4cc(Cl)ccc43)CC2)C1=O. The summed E-state index contributed by atoms with van der Waals surface area (Å²) >= 11 is 6.36. The largest absolute Gasteiger partial charge is 0.323 e. The Morgan fingerprint density at radius 3 is 2.33 bits per heavy atom. The highest BCUT2D eigenvalue weighted by atomic mass is 35.5. The summed E-state index contributed by atoms with van der Waals surface area (Å²) in [6.45, 7) is 10.3. The number of carbonyl (C=O) groups excluding carboxylic acids is 1. The normalized spacial score (nSPS) is 24.0. The van der Waals surface area contributed by atoms with Crippen molar-refractivity contribution in [3.8, 4) is 0 Å². The highest BCUT2D eigenvalue weighted by molar-refractivity contribution is 6.30. The van der Waals surface area contributed by atoms with Crippen LogP contribution in [0.3, 0.4) is 0 Å². The van der Waals surface area contributed by atoms with E-state index >= 15 is 0 Å². The highest BCUT2D eigenvalue weighted by Gasteiger charge is 2.37. The summed E-state index contributed by atoms with van der Waals surface area (Å²) in [5, 5.41) is 0.754. The van der Waals surface area contributed by atoms with Crippen molar-refractivity contribution in [2.45, 2.75) is 25.3 Å². The van der Waals surface area contributed by atoms with Crippen molar-refractivity contribution >= 4 is 17.6 Å². The summed E-state index contributed by atoms with van der Waals surface area (Å²) in [6.07, 6.45) is 0.996. The lowest BCUT2D eigenvalue weighted by molar-refractivity contribution is 0.0901. The van der Waals surface area contributed by atoms with E-state index in [2.05, 4.69) is 21.9 Å². The monoisotopic (exact) mass is 470 g/mol. The second kappa shape index (κ2) is 9.61. The van der Waals surface area contributed by atoms with Crippen LogP contribution in [0.25, 0.3) is 0 Å². The number of benzene rings is 2. The van der Waals surface area contributed by atoms with Crippen LogP contribution in [-0.2, 0) is 0 Å². The molecule has 1 aliphatic carbocycles. The first-order chi connectivity index (χ1) is 16.0. The fourth-order valence-corrected chi connectivity index (χ4v) is 5.86. The fourth-order valence-electron chi connectivity index (χ4n) is 5.68. The number of fused-ring (bicyclic) bond motifs is 1. The van der Waals surface area contributed by atoms with E-state index in [0.717, 1.165) is 75.9 Å². The van der Waals surface area contributed by atoms with Crippen LogP contribution < -0.4 is 0 Å². The van der Waals surface area contributed by atoms with Crippen molar-refractivity contribution in [2.24, 2.45) is 0 Å². The Kier molecular flexibility index (Phi) is 6.59. The van der Waals surface area contributed by atoms with Crippen LogP contribution in [0.1, 0.15) is 42.0 Å². The van der Waals surface area contributed by atoms with Gasteiger partial charge in [-0.2, -0.15) is 0 Å². The molecular formula is C26H32ClFN4O. The number of halogens is 2. The Morgan fingerprint density at radius 1 is 0.909 bits per heavy atom. The molecule has 0 radical (unpaired) electrons. The lowest BCUT2D eigenvalue weighted by Gasteiger charge is -2.39. The maximum absolute atomic E-state index is 13.5. The van der Waals surface area contributed by atoms with Gasteiger partial charge in [0.2, 0.25) is 0 Å². The molecule has 2 unspecified atom stereocenters. The molecule has 5 rings (SSSR count). The Balaban J connectivity index is 1.22. The van der Waals surface area contributed by atoms with E-state index in [1.54, 1.807) is 12.1 Å². The van der Waals surface area contributed by atoms with E-state index in [9.17, 15) is 9.18 Å². The molecule has 0 bridgehead atoms. The van der Waals surface area contributed by atoms with Gasteiger partial charge in [-0.05, 0) is 54.3 Å². The number of nitrogens with zero attached hydrogens (tertiary/aromatic N) is 4. The van der Waals surface area contributed by atoms with Gasteiger partial charge in [0.25, 0.3) is 0 Å². The van der Waals surface area contributed by atoms with Crippen LogP contribution in [0.5, 0.6) is 0 Å². The number of rotatable bonds is 6. The average Bonchev–Trinajstić information content (AvgIpc) is 3.38. The molecular weight excluding hydrogens is 439 g/mol. The van der Waals surface area contributed by atoms with Crippen LogP contribution >= 0.6 is 11.6 Å². The minimum atomic E-state index is -0.200. The molecule has 2 aromatic carbocycles. The summed E-state index contributed by atoms with van der Waals surface area (Å²) in [7, 11) is 0. The number of likely N-dealkylation sites (N-methyl/N-ethyl adjacent to an activating group) is 1. The molecule has 2 heterocycles. The maximum Gasteiger partial charge on any atom is 0.320 e. The molecule has 176 valence electrons. The van der Waals surface area contributed by atoms with Crippen LogP contribution in [0.15, 0.2) is 42.5 Å². The van der Waals surface area contributed by atoms with Crippen molar-refractivity contribution in [2.75, 3.05) is 58.9 Å². The Morgan fingerprint density at radius 2 is 1.64 bits per heavy atom. The third-order valence-corrected chi connectivity index (χ3v) is 7.85. The first-order valence-electron chi connectivity index (χ1n) is 12.1. The van der Waals surface area contributed by atoms with E-state index < -0.39 is 0 Å². The Bertz CT molecular complexity index is 992. The lowest BCUT2D eigenvalue weighted by atomic mass is 9.93. The van der Waals surface area contributed by atoms with Crippen molar-refractivity contribution in [3.05, 3.63) is 70.0 Å². The summed E-state index contributed by atoms with van der Waals surface area (Å²) < 4.78 is 13.5. The zero-order chi connectivity index (χ0) is 22.9. The van der Waals surface area contributed by atoms with Crippen molar-refractivity contribution in [3.63, 3.8) is 0 Å². The summed E-state index contributed by atoms with van der Waals surface area (Å²) in [4.78, 5) is 21.3. The number of urea groups is 1. The molecule has 5 nitrogen and oxygen atoms in total.